The molecule has 2 aliphatic rings. The summed E-state index contributed by atoms with van der Waals surface area (Å²) in [7, 11) is 0. The highest BCUT2D eigenvalue weighted by Crippen LogP contribution is 2.33. The number of carbonyl (C=O) groups is 2. The molecule has 5 nitrogen and oxygen atoms in total. The van der Waals surface area contributed by atoms with Crippen LogP contribution in [0.25, 0.3) is 0 Å². The molecule has 0 saturated heterocycles. The normalized spacial score (nSPS) is 23.0. The lowest BCUT2D eigenvalue weighted by Crippen LogP contribution is -2.46. The Bertz CT molecular complexity index is 665. The molecule has 126 valence electrons. The molecule has 2 amide bonds. The van der Waals surface area contributed by atoms with Gasteiger partial charge in [-0.3, -0.25) is 9.59 Å². The molecular weight excluding hydrogens is 302 g/mol. The molecule has 0 aromatic heterocycles. The summed E-state index contributed by atoms with van der Waals surface area (Å²) in [5, 5.41) is 11.3. The number of hydrogen-bond acceptors (Lipinski definition) is 3. The smallest absolute Gasteiger partial charge is 0.226 e. The Morgan fingerprint density at radius 3 is 2.62 bits per heavy atom. The largest absolute Gasteiger partial charge is 0.343 e. The molecule has 0 spiro atoms. The second-order valence-corrected chi connectivity index (χ2v) is 6.65. The fraction of sp³-hybridized carbons (Fsp3) is 0.526. The van der Waals surface area contributed by atoms with E-state index >= 15 is 0 Å². The van der Waals surface area contributed by atoms with Crippen LogP contribution in [0, 0.1) is 23.2 Å². The summed E-state index contributed by atoms with van der Waals surface area (Å²) in [6.07, 6.45) is 4.33. The molecule has 3 rings (SSSR count). The van der Waals surface area contributed by atoms with Gasteiger partial charge < -0.3 is 10.2 Å². The third-order valence-corrected chi connectivity index (χ3v) is 5.20. The molecule has 0 bridgehead atoms. The highest BCUT2D eigenvalue weighted by atomic mass is 16.2. The van der Waals surface area contributed by atoms with Crippen molar-refractivity contribution in [3.63, 3.8) is 0 Å². The first-order chi connectivity index (χ1) is 11.7. The Morgan fingerprint density at radius 1 is 1.17 bits per heavy atom. The van der Waals surface area contributed by atoms with Crippen molar-refractivity contribution >= 4 is 11.8 Å². The highest BCUT2D eigenvalue weighted by molar-refractivity contribution is 5.88. The monoisotopic (exact) mass is 325 g/mol. The first-order valence-corrected chi connectivity index (χ1v) is 8.71. The average molecular weight is 325 g/mol. The summed E-state index contributed by atoms with van der Waals surface area (Å²) in [4.78, 5) is 27.3. The highest BCUT2D eigenvalue weighted by Gasteiger charge is 2.38. The molecule has 0 radical (unpaired) electrons. The number of rotatable bonds is 3. The number of amides is 2. The van der Waals surface area contributed by atoms with Crippen molar-refractivity contribution in [3.8, 4) is 6.07 Å². The first-order valence-electron chi connectivity index (χ1n) is 8.71. The average Bonchev–Trinajstić information content (AvgIpc) is 2.65. The SMILES string of the molecule is N#CCNC(=O)[C@@H]1CCCC[C@H]1C(=O)N1CCc2ccccc2C1. The Hall–Kier alpha value is -2.35. The Morgan fingerprint density at radius 2 is 1.88 bits per heavy atom. The van der Waals surface area contributed by atoms with Crippen molar-refractivity contribution in [2.45, 2.75) is 38.6 Å². The lowest BCUT2D eigenvalue weighted by molar-refractivity contribution is -0.144. The Balaban J connectivity index is 1.71. The van der Waals surface area contributed by atoms with Gasteiger partial charge in [-0.2, -0.15) is 5.26 Å². The molecule has 24 heavy (non-hydrogen) atoms. The van der Waals surface area contributed by atoms with Crippen molar-refractivity contribution in [2.24, 2.45) is 11.8 Å². The maximum absolute atomic E-state index is 13.0. The molecule has 0 unspecified atom stereocenters. The van der Waals surface area contributed by atoms with E-state index in [1.165, 1.54) is 11.1 Å². The molecule has 1 fully saturated rings. The van der Waals surface area contributed by atoms with Crippen molar-refractivity contribution < 1.29 is 9.59 Å². The fourth-order valence-electron chi connectivity index (χ4n) is 3.92. The predicted molar refractivity (Wildman–Crippen MR) is 89.6 cm³/mol. The molecule has 5 heteroatoms. The van der Waals surface area contributed by atoms with E-state index in [2.05, 4.69) is 17.4 Å². The fourth-order valence-corrected chi connectivity index (χ4v) is 3.92. The van der Waals surface area contributed by atoms with Gasteiger partial charge in [-0.05, 0) is 30.4 Å². The quantitative estimate of drug-likeness (QED) is 0.864. The van der Waals surface area contributed by atoms with E-state index in [-0.39, 0.29) is 30.2 Å². The summed E-state index contributed by atoms with van der Waals surface area (Å²) in [5.74, 6) is -0.590. The number of nitrogens with one attached hydrogen (secondary N) is 1. The summed E-state index contributed by atoms with van der Waals surface area (Å²) >= 11 is 0. The molecule has 1 saturated carbocycles. The number of carbonyl (C=O) groups excluding carboxylic acids is 2. The van der Waals surface area contributed by atoms with Gasteiger partial charge in [0.1, 0.15) is 6.54 Å². The maximum atomic E-state index is 13.0. The number of hydrogen-bond donors (Lipinski definition) is 1. The topological polar surface area (TPSA) is 73.2 Å². The van der Waals surface area contributed by atoms with Crippen molar-refractivity contribution in [1.82, 2.24) is 10.2 Å². The third-order valence-electron chi connectivity index (χ3n) is 5.20. The van der Waals surface area contributed by atoms with Gasteiger partial charge in [0.2, 0.25) is 11.8 Å². The van der Waals surface area contributed by atoms with Gasteiger partial charge in [0.15, 0.2) is 0 Å². The summed E-state index contributed by atoms with van der Waals surface area (Å²) < 4.78 is 0. The lowest BCUT2D eigenvalue weighted by atomic mass is 9.77. The minimum absolute atomic E-state index is 0.00728. The van der Waals surface area contributed by atoms with Crippen LogP contribution in [-0.2, 0) is 22.6 Å². The second-order valence-electron chi connectivity index (χ2n) is 6.65. The van der Waals surface area contributed by atoms with Gasteiger partial charge in [0.05, 0.1) is 6.07 Å². The molecular formula is C19H23N3O2. The van der Waals surface area contributed by atoms with Crippen LogP contribution in [0.1, 0.15) is 36.8 Å². The number of nitrogens with zero attached hydrogens (tertiary/aromatic N) is 2. The van der Waals surface area contributed by atoms with Crippen molar-refractivity contribution in [2.75, 3.05) is 13.1 Å². The third kappa shape index (κ3) is 3.43. The summed E-state index contributed by atoms with van der Waals surface area (Å²) in [6, 6.07) is 10.2. The summed E-state index contributed by atoms with van der Waals surface area (Å²) in [6.45, 7) is 1.37. The van der Waals surface area contributed by atoms with Gasteiger partial charge >= 0.3 is 0 Å². The van der Waals surface area contributed by atoms with Crippen LogP contribution in [0.3, 0.4) is 0 Å². The van der Waals surface area contributed by atoms with Crippen LogP contribution in [-0.4, -0.2) is 29.8 Å². The number of nitriles is 1. The van der Waals surface area contributed by atoms with E-state index < -0.39 is 0 Å². The zero-order chi connectivity index (χ0) is 16.9. The van der Waals surface area contributed by atoms with E-state index in [4.69, 9.17) is 5.26 Å². The molecule has 1 aliphatic carbocycles. The van der Waals surface area contributed by atoms with Gasteiger partial charge in [-0.1, -0.05) is 37.1 Å². The minimum atomic E-state index is -0.295. The maximum Gasteiger partial charge on any atom is 0.226 e. The van der Waals surface area contributed by atoms with Crippen LogP contribution in [0.15, 0.2) is 24.3 Å². The van der Waals surface area contributed by atoms with Gasteiger partial charge in [-0.15, -0.1) is 0 Å². The molecule has 1 N–H and O–H groups in total. The van der Waals surface area contributed by atoms with E-state index in [9.17, 15) is 9.59 Å². The Labute approximate surface area is 142 Å². The van der Waals surface area contributed by atoms with Crippen molar-refractivity contribution in [1.29, 1.82) is 5.26 Å². The molecule has 1 aromatic rings. The second kappa shape index (κ2) is 7.48. The zero-order valence-electron chi connectivity index (χ0n) is 13.8. The van der Waals surface area contributed by atoms with Crippen molar-refractivity contribution in [3.05, 3.63) is 35.4 Å². The van der Waals surface area contributed by atoms with Crippen LogP contribution < -0.4 is 5.32 Å². The summed E-state index contributed by atoms with van der Waals surface area (Å²) in [5.41, 5.74) is 2.52. The van der Waals surface area contributed by atoms with E-state index in [1.54, 1.807) is 0 Å². The van der Waals surface area contributed by atoms with E-state index in [0.717, 1.165) is 38.6 Å². The lowest BCUT2D eigenvalue weighted by Gasteiger charge is -2.36. The molecule has 1 aromatic carbocycles. The number of fused-ring (bicyclic) bond motifs is 1. The number of benzene rings is 1. The van der Waals surface area contributed by atoms with Crippen LogP contribution in [0.4, 0.5) is 0 Å². The molecule has 1 aliphatic heterocycles. The molecule has 2 atom stereocenters. The van der Waals surface area contributed by atoms with E-state index in [0.29, 0.717) is 6.54 Å². The van der Waals surface area contributed by atoms with Gasteiger partial charge in [0, 0.05) is 24.9 Å². The van der Waals surface area contributed by atoms with E-state index in [1.807, 2.05) is 23.1 Å². The standard InChI is InChI=1S/C19H23N3O2/c20-10-11-21-18(23)16-7-3-4-8-17(16)19(24)22-12-9-14-5-1-2-6-15(14)13-22/h1-2,5-6,16-17H,3-4,7-9,11-13H2,(H,21,23)/t16-,17-/m1/s1. The van der Waals surface area contributed by atoms with Crippen LogP contribution >= 0.6 is 0 Å². The predicted octanol–water partition coefficient (Wildman–Crippen LogP) is 2.02. The first kappa shape index (κ1) is 16.5. The minimum Gasteiger partial charge on any atom is -0.343 e. The molecule has 1 heterocycles. The Kier molecular flexibility index (Phi) is 5.14. The van der Waals surface area contributed by atoms with Crippen LogP contribution in [0.2, 0.25) is 0 Å². The van der Waals surface area contributed by atoms with Gasteiger partial charge in [0.25, 0.3) is 0 Å². The zero-order valence-corrected chi connectivity index (χ0v) is 13.8. The van der Waals surface area contributed by atoms with Crippen LogP contribution in [0.5, 0.6) is 0 Å². The van der Waals surface area contributed by atoms with Gasteiger partial charge in [-0.25, -0.2) is 0 Å².